The van der Waals surface area contributed by atoms with E-state index >= 15 is 0 Å². The highest BCUT2D eigenvalue weighted by atomic mass is 16.5. The van der Waals surface area contributed by atoms with Crippen molar-refractivity contribution in [2.75, 3.05) is 12.1 Å². The molecule has 0 atom stereocenters. The summed E-state index contributed by atoms with van der Waals surface area (Å²) in [7, 11) is 1.64. The summed E-state index contributed by atoms with van der Waals surface area (Å²) in [6.07, 6.45) is 5.61. The fraction of sp³-hybridized carbons (Fsp3) is 0.100. The lowest BCUT2D eigenvalue weighted by Crippen LogP contribution is -2.21. The first-order chi connectivity index (χ1) is 11.7. The first-order valence-corrected chi connectivity index (χ1v) is 7.66. The number of carbonyl (C=O) groups excluding carboxylic acids is 1. The first-order valence-electron chi connectivity index (χ1n) is 7.66. The van der Waals surface area contributed by atoms with Crippen LogP contribution in [-0.2, 0) is 4.79 Å². The number of carbonyl (C=O) groups is 1. The number of methoxy groups -OCH3 is 1. The van der Waals surface area contributed by atoms with Gasteiger partial charge in [0.15, 0.2) is 0 Å². The number of hydrogen-bond donors (Lipinski definition) is 0. The number of hydrogen-bond acceptors (Lipinski definition) is 3. The number of rotatable bonds is 4. The lowest BCUT2D eigenvalue weighted by atomic mass is 10.1. The molecule has 0 saturated carbocycles. The fourth-order valence-corrected chi connectivity index (χ4v) is 2.42. The number of benzene rings is 2. The van der Waals surface area contributed by atoms with Crippen LogP contribution in [0.25, 0.3) is 6.08 Å². The van der Waals surface area contributed by atoms with Gasteiger partial charge in [-0.15, -0.1) is 0 Å². The Bertz CT molecular complexity index is 818. The molecule has 0 spiro atoms. The summed E-state index contributed by atoms with van der Waals surface area (Å²) in [6.45, 7) is 1.84. The molecular formula is C20H18N2O2. The summed E-state index contributed by atoms with van der Waals surface area (Å²) >= 11 is 0. The van der Waals surface area contributed by atoms with Crippen molar-refractivity contribution >= 4 is 23.4 Å². The predicted molar refractivity (Wildman–Crippen MR) is 97.1 cm³/mol. The molecule has 0 aliphatic carbocycles. The molecule has 3 rings (SSSR count). The fourth-order valence-electron chi connectivity index (χ4n) is 2.42. The summed E-state index contributed by atoms with van der Waals surface area (Å²) in [5.41, 5.74) is 3.11. The second kappa shape index (κ2) is 6.96. The van der Waals surface area contributed by atoms with Crippen LogP contribution >= 0.6 is 0 Å². The number of para-hydroxylation sites is 1. The topological polar surface area (TPSA) is 41.9 Å². The van der Waals surface area contributed by atoms with Crippen molar-refractivity contribution in [1.82, 2.24) is 0 Å². The van der Waals surface area contributed by atoms with Crippen LogP contribution in [0.3, 0.4) is 0 Å². The normalized spacial score (nSPS) is 16.1. The maximum atomic E-state index is 12.5. The number of amides is 1. The Morgan fingerprint density at radius 1 is 1.04 bits per heavy atom. The molecule has 0 fully saturated rings. The average molecular weight is 318 g/mol. The van der Waals surface area contributed by atoms with E-state index in [0.29, 0.717) is 11.3 Å². The predicted octanol–water partition coefficient (Wildman–Crippen LogP) is 4.06. The van der Waals surface area contributed by atoms with Gasteiger partial charge in [0.2, 0.25) is 0 Å². The minimum absolute atomic E-state index is 0.113. The van der Waals surface area contributed by atoms with Gasteiger partial charge in [0.25, 0.3) is 5.91 Å². The highest BCUT2D eigenvalue weighted by molar-refractivity contribution is 6.29. The molecule has 0 bridgehead atoms. The highest BCUT2D eigenvalue weighted by Gasteiger charge is 2.27. The van der Waals surface area contributed by atoms with E-state index in [1.54, 1.807) is 13.2 Å². The van der Waals surface area contributed by atoms with Gasteiger partial charge in [-0.2, -0.15) is 10.1 Å². The Balaban J connectivity index is 1.77. The summed E-state index contributed by atoms with van der Waals surface area (Å²) in [6, 6.07) is 17.1. The third kappa shape index (κ3) is 3.27. The number of anilines is 1. The van der Waals surface area contributed by atoms with Crippen LogP contribution in [0.2, 0.25) is 0 Å². The SMILES string of the molecule is COc1ccc(/C=C\C=C2/C(=O)N(c3ccccc3)N=C2C)cc1. The number of allylic oxidation sites excluding steroid dienone is 2. The Kier molecular flexibility index (Phi) is 4.57. The van der Waals surface area contributed by atoms with Crippen LogP contribution < -0.4 is 9.75 Å². The second-order valence-electron chi connectivity index (χ2n) is 5.35. The maximum absolute atomic E-state index is 12.5. The van der Waals surface area contributed by atoms with Crippen molar-refractivity contribution in [3.63, 3.8) is 0 Å². The molecule has 1 aliphatic heterocycles. The van der Waals surface area contributed by atoms with E-state index in [1.807, 2.05) is 73.7 Å². The molecule has 1 amide bonds. The van der Waals surface area contributed by atoms with Crippen molar-refractivity contribution in [1.29, 1.82) is 0 Å². The van der Waals surface area contributed by atoms with Crippen molar-refractivity contribution in [3.8, 4) is 5.75 Å². The Hall–Kier alpha value is -3.14. The summed E-state index contributed by atoms with van der Waals surface area (Å²) in [4.78, 5) is 12.5. The summed E-state index contributed by atoms with van der Waals surface area (Å²) in [5, 5.41) is 5.78. The minimum Gasteiger partial charge on any atom is -0.497 e. The molecule has 0 radical (unpaired) electrons. The van der Waals surface area contributed by atoms with Gasteiger partial charge in [0.05, 0.1) is 24.1 Å². The monoisotopic (exact) mass is 318 g/mol. The van der Waals surface area contributed by atoms with Gasteiger partial charge < -0.3 is 4.74 Å². The van der Waals surface area contributed by atoms with E-state index in [2.05, 4.69) is 5.10 Å². The Morgan fingerprint density at radius 3 is 2.42 bits per heavy atom. The van der Waals surface area contributed by atoms with E-state index in [9.17, 15) is 4.79 Å². The van der Waals surface area contributed by atoms with Gasteiger partial charge in [-0.05, 0) is 42.8 Å². The van der Waals surface area contributed by atoms with Crippen LogP contribution in [0, 0.1) is 0 Å². The number of ether oxygens (including phenoxy) is 1. The summed E-state index contributed by atoms with van der Waals surface area (Å²) < 4.78 is 5.13. The molecule has 0 aromatic heterocycles. The second-order valence-corrected chi connectivity index (χ2v) is 5.35. The molecule has 0 saturated heterocycles. The molecule has 1 aliphatic rings. The molecule has 0 N–H and O–H groups in total. The standard InChI is InChI=1S/C20H18N2O2/c1-15-19(10-6-7-16-11-13-18(24-2)14-12-16)20(23)22(21-15)17-8-4-3-5-9-17/h3-14H,1-2H3/b7-6-,19-10-. The van der Waals surface area contributed by atoms with Gasteiger partial charge in [-0.25, -0.2) is 0 Å². The van der Waals surface area contributed by atoms with Gasteiger partial charge in [-0.3, -0.25) is 4.79 Å². The van der Waals surface area contributed by atoms with Crippen LogP contribution in [-0.4, -0.2) is 18.7 Å². The third-order valence-electron chi connectivity index (χ3n) is 3.73. The van der Waals surface area contributed by atoms with Crippen LogP contribution in [0.4, 0.5) is 5.69 Å². The molecule has 4 heteroatoms. The van der Waals surface area contributed by atoms with Gasteiger partial charge in [0.1, 0.15) is 5.75 Å². The van der Waals surface area contributed by atoms with Crippen molar-refractivity contribution in [2.24, 2.45) is 5.10 Å². The van der Waals surface area contributed by atoms with E-state index in [0.717, 1.165) is 17.0 Å². The summed E-state index contributed by atoms with van der Waals surface area (Å²) in [5.74, 6) is 0.705. The van der Waals surface area contributed by atoms with Gasteiger partial charge in [-0.1, -0.05) is 42.5 Å². The zero-order valence-electron chi connectivity index (χ0n) is 13.6. The average Bonchev–Trinajstić information content (AvgIpc) is 2.91. The molecule has 120 valence electrons. The van der Waals surface area contributed by atoms with Crippen LogP contribution in [0.5, 0.6) is 5.75 Å². The number of hydrazone groups is 1. The molecule has 24 heavy (non-hydrogen) atoms. The quantitative estimate of drug-likeness (QED) is 0.798. The van der Waals surface area contributed by atoms with Gasteiger partial charge >= 0.3 is 0 Å². The van der Waals surface area contributed by atoms with Gasteiger partial charge in [0, 0.05) is 0 Å². The van der Waals surface area contributed by atoms with E-state index < -0.39 is 0 Å². The van der Waals surface area contributed by atoms with E-state index in [1.165, 1.54) is 5.01 Å². The Labute approximate surface area is 141 Å². The molecule has 4 nitrogen and oxygen atoms in total. The highest BCUT2D eigenvalue weighted by Crippen LogP contribution is 2.23. The molecule has 2 aromatic carbocycles. The van der Waals surface area contributed by atoms with Crippen molar-refractivity contribution in [2.45, 2.75) is 6.92 Å². The number of nitrogens with zero attached hydrogens (tertiary/aromatic N) is 2. The lowest BCUT2D eigenvalue weighted by molar-refractivity contribution is -0.114. The smallest absolute Gasteiger partial charge is 0.280 e. The molecule has 0 unspecified atom stereocenters. The third-order valence-corrected chi connectivity index (χ3v) is 3.73. The van der Waals surface area contributed by atoms with Crippen molar-refractivity contribution < 1.29 is 9.53 Å². The van der Waals surface area contributed by atoms with Crippen LogP contribution in [0.15, 0.2) is 77.4 Å². The van der Waals surface area contributed by atoms with Crippen molar-refractivity contribution in [3.05, 3.63) is 77.9 Å². The van der Waals surface area contributed by atoms with E-state index in [-0.39, 0.29) is 5.91 Å². The first kappa shape index (κ1) is 15.7. The Morgan fingerprint density at radius 2 is 1.75 bits per heavy atom. The molecular weight excluding hydrogens is 300 g/mol. The van der Waals surface area contributed by atoms with Crippen LogP contribution in [0.1, 0.15) is 12.5 Å². The molecule has 2 aromatic rings. The largest absolute Gasteiger partial charge is 0.497 e. The zero-order valence-corrected chi connectivity index (χ0v) is 13.6. The zero-order chi connectivity index (χ0) is 16.9. The maximum Gasteiger partial charge on any atom is 0.280 e. The van der Waals surface area contributed by atoms with E-state index in [4.69, 9.17) is 4.74 Å². The molecule has 1 heterocycles. The minimum atomic E-state index is -0.113. The lowest BCUT2D eigenvalue weighted by Gasteiger charge is -2.10.